The highest BCUT2D eigenvalue weighted by Gasteiger charge is 2.25. The van der Waals surface area contributed by atoms with Crippen molar-refractivity contribution in [2.45, 2.75) is 13.0 Å². The molecule has 0 saturated carbocycles. The average molecular weight is 250 g/mol. The summed E-state index contributed by atoms with van der Waals surface area (Å²) in [6.07, 6.45) is 1.70. The molecular weight excluding hydrogens is 231 g/mol. The standard InChI is InChI=1S/C14H19FN2O/c1-3-12(17-8-6-16-7-9-17)13-11(15)5-4-10(2)14(13)18/h3-5,12,16,18H,1,6-9H2,2H3/t12-/m0/s1. The highest BCUT2D eigenvalue weighted by atomic mass is 19.1. The van der Waals surface area contributed by atoms with Crippen molar-refractivity contribution in [1.82, 2.24) is 10.2 Å². The van der Waals surface area contributed by atoms with Crippen LogP contribution in [0.15, 0.2) is 24.8 Å². The van der Waals surface area contributed by atoms with Crippen LogP contribution in [0.5, 0.6) is 5.75 Å². The van der Waals surface area contributed by atoms with Gasteiger partial charge < -0.3 is 10.4 Å². The van der Waals surface area contributed by atoms with Crippen molar-refractivity contribution in [2.24, 2.45) is 0 Å². The maximum atomic E-state index is 14.0. The second kappa shape index (κ2) is 5.50. The number of rotatable bonds is 3. The maximum absolute atomic E-state index is 14.0. The molecule has 2 N–H and O–H groups in total. The van der Waals surface area contributed by atoms with E-state index in [-0.39, 0.29) is 17.6 Å². The van der Waals surface area contributed by atoms with Crippen LogP contribution in [0.4, 0.5) is 4.39 Å². The number of halogens is 1. The quantitative estimate of drug-likeness (QED) is 0.805. The van der Waals surface area contributed by atoms with Gasteiger partial charge >= 0.3 is 0 Å². The molecule has 0 spiro atoms. The van der Waals surface area contributed by atoms with Crippen LogP contribution in [0, 0.1) is 12.7 Å². The fraction of sp³-hybridized carbons (Fsp3) is 0.429. The van der Waals surface area contributed by atoms with E-state index >= 15 is 0 Å². The number of phenolic OH excluding ortho intramolecular Hbond substituents is 1. The van der Waals surface area contributed by atoms with Crippen LogP contribution in [0.3, 0.4) is 0 Å². The summed E-state index contributed by atoms with van der Waals surface area (Å²) in [7, 11) is 0. The van der Waals surface area contributed by atoms with Gasteiger partial charge in [0.25, 0.3) is 0 Å². The van der Waals surface area contributed by atoms with E-state index in [9.17, 15) is 9.50 Å². The number of hydrogen-bond acceptors (Lipinski definition) is 3. The van der Waals surface area contributed by atoms with Crippen LogP contribution in [0.1, 0.15) is 17.2 Å². The van der Waals surface area contributed by atoms with E-state index in [1.165, 1.54) is 6.07 Å². The highest BCUT2D eigenvalue weighted by molar-refractivity contribution is 5.43. The average Bonchev–Trinajstić information content (AvgIpc) is 2.40. The molecule has 0 amide bonds. The van der Waals surface area contributed by atoms with Crippen molar-refractivity contribution in [3.8, 4) is 5.75 Å². The number of hydrogen-bond donors (Lipinski definition) is 2. The summed E-state index contributed by atoms with van der Waals surface area (Å²) in [4.78, 5) is 2.13. The van der Waals surface area contributed by atoms with Gasteiger partial charge in [0.05, 0.1) is 11.6 Å². The Morgan fingerprint density at radius 1 is 1.44 bits per heavy atom. The molecule has 1 aliphatic rings. The first-order chi connectivity index (χ1) is 8.65. The van der Waals surface area contributed by atoms with E-state index in [1.54, 1.807) is 19.1 Å². The first kappa shape index (κ1) is 13.1. The van der Waals surface area contributed by atoms with Gasteiger partial charge in [0.1, 0.15) is 11.6 Å². The van der Waals surface area contributed by atoms with E-state index in [4.69, 9.17) is 0 Å². The smallest absolute Gasteiger partial charge is 0.132 e. The van der Waals surface area contributed by atoms with E-state index in [0.717, 1.165) is 26.2 Å². The van der Waals surface area contributed by atoms with Crippen LogP contribution < -0.4 is 5.32 Å². The van der Waals surface area contributed by atoms with Crippen molar-refractivity contribution in [3.63, 3.8) is 0 Å². The zero-order valence-corrected chi connectivity index (χ0v) is 10.6. The predicted molar refractivity (Wildman–Crippen MR) is 70.2 cm³/mol. The molecule has 0 unspecified atom stereocenters. The largest absolute Gasteiger partial charge is 0.507 e. The molecule has 0 radical (unpaired) electrons. The van der Waals surface area contributed by atoms with Gasteiger partial charge in [-0.25, -0.2) is 4.39 Å². The van der Waals surface area contributed by atoms with Gasteiger partial charge in [0, 0.05) is 26.2 Å². The highest BCUT2D eigenvalue weighted by Crippen LogP contribution is 2.34. The molecule has 1 aliphatic heterocycles. The molecule has 4 heteroatoms. The minimum absolute atomic E-state index is 0.0402. The zero-order valence-electron chi connectivity index (χ0n) is 10.6. The number of benzene rings is 1. The first-order valence-electron chi connectivity index (χ1n) is 6.20. The normalized spacial score (nSPS) is 18.6. The lowest BCUT2D eigenvalue weighted by molar-refractivity contribution is 0.197. The molecular formula is C14H19FN2O. The lowest BCUT2D eigenvalue weighted by Crippen LogP contribution is -2.44. The topological polar surface area (TPSA) is 35.5 Å². The monoisotopic (exact) mass is 250 g/mol. The Morgan fingerprint density at radius 3 is 2.72 bits per heavy atom. The molecule has 0 aromatic heterocycles. The van der Waals surface area contributed by atoms with Crippen molar-refractivity contribution < 1.29 is 9.50 Å². The van der Waals surface area contributed by atoms with Crippen molar-refractivity contribution in [2.75, 3.05) is 26.2 Å². The maximum Gasteiger partial charge on any atom is 0.132 e. The van der Waals surface area contributed by atoms with E-state index in [0.29, 0.717) is 11.1 Å². The third-order valence-electron chi connectivity index (χ3n) is 3.43. The SMILES string of the molecule is C=C[C@@H](c1c(F)ccc(C)c1O)N1CCNCC1. The van der Waals surface area contributed by atoms with E-state index < -0.39 is 0 Å². The van der Waals surface area contributed by atoms with Gasteiger partial charge in [-0.05, 0) is 18.6 Å². The Hall–Kier alpha value is -1.39. The number of aryl methyl sites for hydroxylation is 1. The number of nitrogens with zero attached hydrogens (tertiary/aromatic N) is 1. The summed E-state index contributed by atoms with van der Waals surface area (Å²) in [5.74, 6) is -0.333. The summed E-state index contributed by atoms with van der Waals surface area (Å²) < 4.78 is 14.0. The number of nitrogens with one attached hydrogen (secondary N) is 1. The number of piperazine rings is 1. The Labute approximate surface area is 107 Å². The summed E-state index contributed by atoms with van der Waals surface area (Å²) in [5.41, 5.74) is 1.03. The lowest BCUT2D eigenvalue weighted by atomic mass is 10.00. The Bertz CT molecular complexity index is 442. The van der Waals surface area contributed by atoms with Gasteiger partial charge in [-0.3, -0.25) is 4.90 Å². The second-order valence-corrected chi connectivity index (χ2v) is 4.59. The summed E-state index contributed by atoms with van der Waals surface area (Å²) in [6.45, 7) is 8.95. The molecule has 0 aliphatic carbocycles. The molecule has 1 aromatic carbocycles. The van der Waals surface area contributed by atoms with Gasteiger partial charge in [-0.2, -0.15) is 0 Å². The lowest BCUT2D eigenvalue weighted by Gasteiger charge is -2.34. The van der Waals surface area contributed by atoms with Crippen LogP contribution in [-0.4, -0.2) is 36.2 Å². The summed E-state index contributed by atoms with van der Waals surface area (Å²) in [5, 5.41) is 13.3. The third-order valence-corrected chi connectivity index (χ3v) is 3.43. The van der Waals surface area contributed by atoms with Crippen LogP contribution in [0.2, 0.25) is 0 Å². The minimum Gasteiger partial charge on any atom is -0.507 e. The van der Waals surface area contributed by atoms with Gasteiger partial charge in [0.2, 0.25) is 0 Å². The molecule has 3 nitrogen and oxygen atoms in total. The molecule has 0 bridgehead atoms. The number of aromatic hydroxyl groups is 1. The molecule has 98 valence electrons. The summed E-state index contributed by atoms with van der Waals surface area (Å²) in [6, 6.07) is 2.72. The Kier molecular flexibility index (Phi) is 3.99. The fourth-order valence-corrected chi connectivity index (χ4v) is 2.38. The second-order valence-electron chi connectivity index (χ2n) is 4.59. The zero-order chi connectivity index (χ0) is 13.1. The molecule has 18 heavy (non-hydrogen) atoms. The molecule has 1 aromatic rings. The minimum atomic E-state index is -0.374. The third kappa shape index (κ3) is 2.40. The van der Waals surface area contributed by atoms with Gasteiger partial charge in [-0.15, -0.1) is 6.58 Å². The Morgan fingerprint density at radius 2 is 2.11 bits per heavy atom. The van der Waals surface area contributed by atoms with E-state index in [1.807, 2.05) is 0 Å². The molecule has 1 saturated heterocycles. The van der Waals surface area contributed by atoms with Crippen LogP contribution >= 0.6 is 0 Å². The van der Waals surface area contributed by atoms with Crippen molar-refractivity contribution in [1.29, 1.82) is 0 Å². The Balaban J connectivity index is 2.37. The molecule has 1 atom stereocenters. The van der Waals surface area contributed by atoms with Crippen LogP contribution in [0.25, 0.3) is 0 Å². The van der Waals surface area contributed by atoms with Crippen molar-refractivity contribution >= 4 is 0 Å². The first-order valence-corrected chi connectivity index (χ1v) is 6.20. The van der Waals surface area contributed by atoms with Crippen LogP contribution in [-0.2, 0) is 0 Å². The molecule has 1 heterocycles. The summed E-state index contributed by atoms with van der Waals surface area (Å²) >= 11 is 0. The van der Waals surface area contributed by atoms with Gasteiger partial charge in [-0.1, -0.05) is 12.1 Å². The van der Waals surface area contributed by atoms with E-state index in [2.05, 4.69) is 16.8 Å². The predicted octanol–water partition coefficient (Wildman–Crippen LogP) is 1.97. The molecule has 2 rings (SSSR count). The molecule has 1 fully saturated rings. The van der Waals surface area contributed by atoms with Gasteiger partial charge in [0.15, 0.2) is 0 Å². The fourth-order valence-electron chi connectivity index (χ4n) is 2.38. The van der Waals surface area contributed by atoms with Crippen molar-refractivity contribution in [3.05, 3.63) is 41.7 Å². The number of phenols is 1.